The lowest BCUT2D eigenvalue weighted by Gasteiger charge is -2.00. The number of aliphatic carboxylic acids is 1. The smallest absolute Gasteiger partial charge is 0.325 e. The van der Waals surface area contributed by atoms with E-state index in [0.29, 0.717) is 4.88 Å². The fourth-order valence-corrected chi connectivity index (χ4v) is 2.34. The van der Waals surface area contributed by atoms with Crippen molar-refractivity contribution in [3.63, 3.8) is 0 Å². The first-order valence-corrected chi connectivity index (χ1v) is 4.97. The Kier molecular flexibility index (Phi) is 3.68. The van der Waals surface area contributed by atoms with Crippen LogP contribution in [0.2, 0.25) is 0 Å². The normalized spacial score (nSPS) is 12.1. The molecule has 0 saturated heterocycles. The maximum atomic E-state index is 10.7. The molecule has 0 amide bonds. The highest BCUT2D eigenvalue weighted by Gasteiger charge is 2.16. The summed E-state index contributed by atoms with van der Waals surface area (Å²) < 4.78 is 1.07. The van der Waals surface area contributed by atoms with Gasteiger partial charge >= 0.3 is 5.97 Å². The number of carboxylic acid groups (broad SMARTS) is 1. The van der Waals surface area contributed by atoms with Gasteiger partial charge in [-0.25, -0.2) is 0 Å². The van der Waals surface area contributed by atoms with Crippen molar-refractivity contribution in [1.29, 1.82) is 0 Å². The molecular formula is C10H10ClNO2S. The Bertz CT molecular complexity index is 450. The van der Waals surface area contributed by atoms with Crippen molar-refractivity contribution in [1.82, 2.24) is 0 Å². The van der Waals surface area contributed by atoms with Crippen molar-refractivity contribution in [3.8, 4) is 0 Å². The van der Waals surface area contributed by atoms with Crippen molar-refractivity contribution in [2.45, 2.75) is 6.04 Å². The third-order valence-electron chi connectivity index (χ3n) is 2.02. The predicted molar refractivity (Wildman–Crippen MR) is 63.6 cm³/mol. The number of thiophene rings is 1. The van der Waals surface area contributed by atoms with Crippen molar-refractivity contribution in [2.24, 2.45) is 5.73 Å². The SMILES string of the molecule is Cl.NC(C(=O)O)c1cc2ccccc2s1. The molecular weight excluding hydrogens is 234 g/mol. The molecule has 0 aliphatic rings. The second-order valence-electron chi connectivity index (χ2n) is 3.00. The third-order valence-corrected chi connectivity index (χ3v) is 3.22. The monoisotopic (exact) mass is 243 g/mol. The number of fused-ring (bicyclic) bond motifs is 1. The van der Waals surface area contributed by atoms with Gasteiger partial charge in [-0.3, -0.25) is 4.79 Å². The van der Waals surface area contributed by atoms with Gasteiger partial charge in [-0.15, -0.1) is 23.7 Å². The Hall–Kier alpha value is -1.10. The summed E-state index contributed by atoms with van der Waals surface area (Å²) in [5.74, 6) is -0.989. The number of hydrogen-bond donors (Lipinski definition) is 2. The summed E-state index contributed by atoms with van der Waals surface area (Å²) in [5, 5.41) is 9.79. The summed E-state index contributed by atoms with van der Waals surface area (Å²) in [6, 6.07) is 8.67. The van der Waals surface area contributed by atoms with Gasteiger partial charge in [0, 0.05) is 9.58 Å². The minimum Gasteiger partial charge on any atom is -0.480 e. The molecule has 0 aliphatic carbocycles. The van der Waals surface area contributed by atoms with Crippen LogP contribution in [0.5, 0.6) is 0 Å². The predicted octanol–water partition coefficient (Wildman–Crippen LogP) is 2.41. The van der Waals surface area contributed by atoms with Crippen LogP contribution in [0.25, 0.3) is 10.1 Å². The number of carbonyl (C=O) groups is 1. The highest BCUT2D eigenvalue weighted by molar-refractivity contribution is 7.19. The zero-order valence-corrected chi connectivity index (χ0v) is 9.35. The van der Waals surface area contributed by atoms with Crippen molar-refractivity contribution in [3.05, 3.63) is 35.2 Å². The van der Waals surface area contributed by atoms with E-state index < -0.39 is 12.0 Å². The number of halogens is 1. The first-order chi connectivity index (χ1) is 6.68. The Labute approximate surface area is 96.9 Å². The van der Waals surface area contributed by atoms with Crippen LogP contribution in [0.15, 0.2) is 30.3 Å². The Balaban J connectivity index is 0.00000112. The average Bonchev–Trinajstić information content (AvgIpc) is 2.59. The highest BCUT2D eigenvalue weighted by atomic mass is 35.5. The molecule has 3 N–H and O–H groups in total. The summed E-state index contributed by atoms with van der Waals surface area (Å²) >= 11 is 1.43. The zero-order valence-electron chi connectivity index (χ0n) is 7.71. The van der Waals surface area contributed by atoms with E-state index in [1.165, 1.54) is 11.3 Å². The molecule has 1 aromatic carbocycles. The van der Waals surface area contributed by atoms with Crippen LogP contribution in [-0.2, 0) is 4.79 Å². The van der Waals surface area contributed by atoms with Gasteiger partial charge in [-0.1, -0.05) is 18.2 Å². The van der Waals surface area contributed by atoms with E-state index in [4.69, 9.17) is 10.8 Å². The summed E-state index contributed by atoms with van der Waals surface area (Å²) in [7, 11) is 0. The van der Waals surface area contributed by atoms with Crippen LogP contribution in [0.4, 0.5) is 0 Å². The Morgan fingerprint density at radius 2 is 2.07 bits per heavy atom. The molecule has 0 saturated carbocycles. The van der Waals surface area contributed by atoms with E-state index in [2.05, 4.69) is 0 Å². The molecule has 0 radical (unpaired) electrons. The lowest BCUT2D eigenvalue weighted by atomic mass is 10.2. The number of carboxylic acids is 1. The van der Waals surface area contributed by atoms with E-state index in [-0.39, 0.29) is 12.4 Å². The first kappa shape index (κ1) is 12.0. The Morgan fingerprint density at radius 1 is 1.40 bits per heavy atom. The van der Waals surface area contributed by atoms with Crippen molar-refractivity contribution < 1.29 is 9.90 Å². The van der Waals surface area contributed by atoms with Gasteiger partial charge in [0.2, 0.25) is 0 Å². The van der Waals surface area contributed by atoms with Gasteiger partial charge in [0.15, 0.2) is 0 Å². The minimum atomic E-state index is -0.989. The van der Waals surface area contributed by atoms with Crippen LogP contribution in [0.1, 0.15) is 10.9 Å². The molecule has 2 rings (SSSR count). The Morgan fingerprint density at radius 3 is 2.67 bits per heavy atom. The second-order valence-corrected chi connectivity index (χ2v) is 4.12. The standard InChI is InChI=1S/C10H9NO2S.ClH/c11-9(10(12)13)8-5-6-3-1-2-4-7(6)14-8;/h1-5,9H,11H2,(H,12,13);1H. The number of rotatable bonds is 2. The molecule has 5 heteroatoms. The van der Waals surface area contributed by atoms with Gasteiger partial charge < -0.3 is 10.8 Å². The van der Waals surface area contributed by atoms with Crippen LogP contribution < -0.4 is 5.73 Å². The first-order valence-electron chi connectivity index (χ1n) is 4.15. The van der Waals surface area contributed by atoms with Gasteiger partial charge in [0.25, 0.3) is 0 Å². The van der Waals surface area contributed by atoms with Crippen LogP contribution in [0, 0.1) is 0 Å². The van der Waals surface area contributed by atoms with E-state index >= 15 is 0 Å². The van der Waals surface area contributed by atoms with E-state index in [0.717, 1.165) is 10.1 Å². The zero-order chi connectivity index (χ0) is 10.1. The molecule has 0 fully saturated rings. The number of nitrogens with two attached hydrogens (primary N) is 1. The fraction of sp³-hybridized carbons (Fsp3) is 0.100. The van der Waals surface area contributed by atoms with Gasteiger partial charge in [0.1, 0.15) is 6.04 Å². The highest BCUT2D eigenvalue weighted by Crippen LogP contribution is 2.28. The lowest BCUT2D eigenvalue weighted by Crippen LogP contribution is -2.19. The maximum absolute atomic E-state index is 10.7. The van der Waals surface area contributed by atoms with Crippen LogP contribution >= 0.6 is 23.7 Å². The van der Waals surface area contributed by atoms with Gasteiger partial charge in [-0.05, 0) is 17.5 Å². The topological polar surface area (TPSA) is 63.3 Å². The van der Waals surface area contributed by atoms with E-state index in [1.54, 1.807) is 0 Å². The van der Waals surface area contributed by atoms with E-state index in [9.17, 15) is 4.79 Å². The molecule has 80 valence electrons. The number of hydrogen-bond acceptors (Lipinski definition) is 3. The molecule has 0 aliphatic heterocycles. The fourth-order valence-electron chi connectivity index (χ4n) is 1.28. The third kappa shape index (κ3) is 2.28. The summed E-state index contributed by atoms with van der Waals surface area (Å²) in [6.45, 7) is 0. The molecule has 0 bridgehead atoms. The quantitative estimate of drug-likeness (QED) is 0.852. The maximum Gasteiger partial charge on any atom is 0.325 e. The minimum absolute atomic E-state index is 0. The van der Waals surface area contributed by atoms with E-state index in [1.807, 2.05) is 30.3 Å². The molecule has 0 spiro atoms. The summed E-state index contributed by atoms with van der Waals surface area (Å²) in [6.07, 6.45) is 0. The van der Waals surface area contributed by atoms with Crippen LogP contribution in [0.3, 0.4) is 0 Å². The molecule has 15 heavy (non-hydrogen) atoms. The molecule has 1 unspecified atom stereocenters. The largest absolute Gasteiger partial charge is 0.480 e. The molecule has 2 aromatic rings. The lowest BCUT2D eigenvalue weighted by molar-refractivity contribution is -0.138. The average molecular weight is 244 g/mol. The second kappa shape index (κ2) is 4.61. The summed E-state index contributed by atoms with van der Waals surface area (Å²) in [5.41, 5.74) is 5.51. The van der Waals surface area contributed by atoms with Gasteiger partial charge in [-0.2, -0.15) is 0 Å². The molecule has 1 aromatic heterocycles. The van der Waals surface area contributed by atoms with Gasteiger partial charge in [0.05, 0.1) is 0 Å². The van der Waals surface area contributed by atoms with Crippen molar-refractivity contribution >= 4 is 39.8 Å². The molecule has 1 atom stereocenters. The molecule has 3 nitrogen and oxygen atoms in total. The molecule has 1 heterocycles. The number of benzene rings is 1. The van der Waals surface area contributed by atoms with Crippen molar-refractivity contribution in [2.75, 3.05) is 0 Å². The van der Waals surface area contributed by atoms with Crippen LogP contribution in [-0.4, -0.2) is 11.1 Å². The summed E-state index contributed by atoms with van der Waals surface area (Å²) in [4.78, 5) is 11.4.